The van der Waals surface area contributed by atoms with E-state index in [4.69, 9.17) is 31.5 Å². The quantitative estimate of drug-likeness (QED) is 0.0481. The van der Waals surface area contributed by atoms with E-state index in [1.54, 1.807) is 12.1 Å². The van der Waals surface area contributed by atoms with Crippen molar-refractivity contribution in [3.8, 4) is 17.1 Å². The van der Waals surface area contributed by atoms with Crippen molar-refractivity contribution in [2.75, 3.05) is 18.1 Å². The van der Waals surface area contributed by atoms with Crippen molar-refractivity contribution in [1.82, 2.24) is 14.5 Å². The SMILES string of the molecule is C.CS(=O)(=O)O.NCCCC[C@H](N)C(=O)OC1CCC(Nc2cc(-n3c4ccccc4c4c(-c5nc6ccc(F)cc6[nH]5)cccc43)ccc2C(N)=O)CC1. The molecular formula is C40H48FN7O6S. The van der Waals surface area contributed by atoms with E-state index in [2.05, 4.69) is 33.1 Å². The molecule has 0 bridgehead atoms. The van der Waals surface area contributed by atoms with Crippen molar-refractivity contribution in [3.05, 3.63) is 90.2 Å². The average molecular weight is 774 g/mol. The van der Waals surface area contributed by atoms with Crippen molar-refractivity contribution in [2.24, 2.45) is 17.2 Å². The molecule has 55 heavy (non-hydrogen) atoms. The molecule has 0 spiro atoms. The Kier molecular flexibility index (Phi) is 12.9. The smallest absolute Gasteiger partial charge is 0.323 e. The van der Waals surface area contributed by atoms with Crippen molar-refractivity contribution >= 4 is 60.5 Å². The van der Waals surface area contributed by atoms with Crippen LogP contribution < -0.4 is 22.5 Å². The highest BCUT2D eigenvalue weighted by molar-refractivity contribution is 7.85. The molecule has 1 atom stereocenters. The van der Waals surface area contributed by atoms with E-state index >= 15 is 0 Å². The number of hydrogen-bond acceptors (Lipinski definition) is 9. The summed E-state index contributed by atoms with van der Waals surface area (Å²) < 4.78 is 47.8. The molecule has 0 saturated heterocycles. The largest absolute Gasteiger partial charge is 0.461 e. The molecule has 1 amide bonds. The fourth-order valence-corrected chi connectivity index (χ4v) is 7.03. The first kappa shape index (κ1) is 40.8. The number of ether oxygens (including phenoxy) is 1. The van der Waals surface area contributed by atoms with Crippen molar-refractivity contribution < 1.29 is 31.7 Å². The summed E-state index contributed by atoms with van der Waals surface area (Å²) in [7, 11) is -3.67. The van der Waals surface area contributed by atoms with E-state index in [0.717, 1.165) is 58.7 Å². The lowest BCUT2D eigenvalue weighted by Gasteiger charge is -2.30. The van der Waals surface area contributed by atoms with Gasteiger partial charge in [-0.1, -0.05) is 44.2 Å². The minimum Gasteiger partial charge on any atom is -0.461 e. The zero-order chi connectivity index (χ0) is 38.6. The van der Waals surface area contributed by atoms with Gasteiger partial charge in [0.2, 0.25) is 0 Å². The van der Waals surface area contributed by atoms with Crippen LogP contribution in [0, 0.1) is 5.82 Å². The number of anilines is 1. The molecule has 0 radical (unpaired) electrons. The Morgan fingerprint density at radius 1 is 1.02 bits per heavy atom. The molecule has 1 aliphatic rings. The number of primary amides is 1. The predicted octanol–water partition coefficient (Wildman–Crippen LogP) is 6.43. The zero-order valence-electron chi connectivity index (χ0n) is 29.8. The minimum absolute atomic E-state index is 0. The number of fused-ring (bicyclic) bond motifs is 4. The summed E-state index contributed by atoms with van der Waals surface area (Å²) in [5, 5.41) is 5.61. The molecule has 9 N–H and O–H groups in total. The Balaban J connectivity index is 0.000000909. The first-order valence-electron chi connectivity index (χ1n) is 17.8. The molecule has 13 nitrogen and oxygen atoms in total. The number of para-hydroxylation sites is 1. The predicted molar refractivity (Wildman–Crippen MR) is 215 cm³/mol. The number of carbonyl (C=O) groups excluding carboxylic acids is 2. The summed E-state index contributed by atoms with van der Waals surface area (Å²) in [6, 6.07) is 23.8. The summed E-state index contributed by atoms with van der Waals surface area (Å²) in [6.07, 6.45) is 5.60. The van der Waals surface area contributed by atoms with Gasteiger partial charge >= 0.3 is 5.97 Å². The number of H-pyrrole nitrogens is 1. The van der Waals surface area contributed by atoms with E-state index in [1.807, 2.05) is 36.4 Å². The summed E-state index contributed by atoms with van der Waals surface area (Å²) >= 11 is 0. The van der Waals surface area contributed by atoms with Gasteiger partial charge in [-0.2, -0.15) is 8.42 Å². The van der Waals surface area contributed by atoms with Crippen LogP contribution in [0.5, 0.6) is 0 Å². The average Bonchev–Trinajstić information content (AvgIpc) is 3.70. The number of nitrogens with two attached hydrogens (primary N) is 3. The molecule has 7 rings (SSSR count). The maximum absolute atomic E-state index is 14.0. The molecule has 0 unspecified atom stereocenters. The number of halogens is 1. The molecule has 4 aromatic carbocycles. The topological polar surface area (TPSA) is 221 Å². The lowest BCUT2D eigenvalue weighted by atomic mass is 9.92. The number of benzene rings is 4. The Bertz CT molecular complexity index is 2410. The Morgan fingerprint density at radius 3 is 2.44 bits per heavy atom. The number of aromatic amines is 1. The zero-order valence-corrected chi connectivity index (χ0v) is 30.6. The number of amides is 1. The third-order valence-electron chi connectivity index (χ3n) is 9.51. The Hall–Kier alpha value is -5.35. The van der Waals surface area contributed by atoms with Crippen molar-refractivity contribution in [3.63, 3.8) is 0 Å². The molecule has 1 fully saturated rings. The van der Waals surface area contributed by atoms with Gasteiger partial charge in [0.15, 0.2) is 0 Å². The molecule has 2 heterocycles. The van der Waals surface area contributed by atoms with Gasteiger partial charge < -0.3 is 36.8 Å². The fourth-order valence-electron chi connectivity index (χ4n) is 7.03. The van der Waals surface area contributed by atoms with E-state index in [0.29, 0.717) is 60.2 Å². The van der Waals surface area contributed by atoms with Crippen LogP contribution in [-0.4, -0.2) is 70.4 Å². The minimum atomic E-state index is -3.67. The van der Waals surface area contributed by atoms with Crippen LogP contribution in [0.3, 0.4) is 0 Å². The second-order valence-electron chi connectivity index (χ2n) is 13.6. The Morgan fingerprint density at radius 2 is 1.73 bits per heavy atom. The number of esters is 1. The van der Waals surface area contributed by atoms with Gasteiger partial charge in [0.1, 0.15) is 23.8 Å². The van der Waals surface area contributed by atoms with Gasteiger partial charge in [0, 0.05) is 33.8 Å². The van der Waals surface area contributed by atoms with E-state index in [-0.39, 0.29) is 31.4 Å². The first-order chi connectivity index (χ1) is 25.8. The van der Waals surface area contributed by atoms with Gasteiger partial charge in [-0.3, -0.25) is 14.1 Å². The molecular weight excluding hydrogens is 726 g/mol. The summed E-state index contributed by atoms with van der Waals surface area (Å²) in [6.45, 7) is 0.576. The highest BCUT2D eigenvalue weighted by Gasteiger charge is 2.27. The van der Waals surface area contributed by atoms with Gasteiger partial charge in [-0.05, 0) is 93.6 Å². The van der Waals surface area contributed by atoms with Gasteiger partial charge in [-0.25, -0.2) is 9.37 Å². The summed E-state index contributed by atoms with van der Waals surface area (Å²) in [5.41, 5.74) is 23.5. The van der Waals surface area contributed by atoms with Crippen LogP contribution >= 0.6 is 0 Å². The van der Waals surface area contributed by atoms with Gasteiger partial charge in [-0.15, -0.1) is 0 Å². The number of carbonyl (C=O) groups is 2. The van der Waals surface area contributed by atoms with Gasteiger partial charge in [0.05, 0.1) is 33.9 Å². The number of imidazole rings is 1. The van der Waals surface area contributed by atoms with Crippen LogP contribution in [0.2, 0.25) is 0 Å². The monoisotopic (exact) mass is 773 g/mol. The van der Waals surface area contributed by atoms with Crippen LogP contribution in [0.15, 0.2) is 78.9 Å². The number of hydrogen-bond donors (Lipinski definition) is 6. The van der Waals surface area contributed by atoms with Crippen LogP contribution in [-0.2, 0) is 19.6 Å². The second kappa shape index (κ2) is 17.4. The lowest BCUT2D eigenvalue weighted by Crippen LogP contribution is -2.37. The van der Waals surface area contributed by atoms with Crippen LogP contribution in [0.25, 0.3) is 49.9 Å². The molecule has 292 valence electrons. The second-order valence-corrected chi connectivity index (χ2v) is 15.0. The standard InChI is InChI=1S/C38H40FN7O3.CH4O3S.CH4/c39-22-11-18-30-32(20-22)45-37(44-30)28-7-5-10-34-35(28)27-6-1-2-9-33(27)46(34)24-14-17-26(36(42)47)31(21-24)43-23-12-15-25(16-13-23)49-38(48)29(41)8-3-4-19-40;1-5(2,3)4;/h1-2,5-7,9-11,14,17-18,20-21,23,25,29,43H,3-4,8,12-13,15-16,19,40-41H2,(H2,42,47)(H,44,45);1H3,(H,2,3,4);1H4/t23?,25?,29-;;/m0../s1. The van der Waals surface area contributed by atoms with Crippen LogP contribution in [0.4, 0.5) is 10.1 Å². The normalized spacial score (nSPS) is 16.2. The maximum Gasteiger partial charge on any atom is 0.323 e. The summed E-state index contributed by atoms with van der Waals surface area (Å²) in [5.74, 6) is -0.561. The Labute approximate surface area is 319 Å². The lowest BCUT2D eigenvalue weighted by molar-refractivity contribution is -0.152. The highest BCUT2D eigenvalue weighted by atomic mass is 32.2. The van der Waals surface area contributed by atoms with Crippen molar-refractivity contribution in [1.29, 1.82) is 0 Å². The summed E-state index contributed by atoms with van der Waals surface area (Å²) in [4.78, 5) is 33.2. The number of unbranched alkanes of at least 4 members (excludes halogenated alkanes) is 1. The molecule has 1 aliphatic carbocycles. The van der Waals surface area contributed by atoms with E-state index in [9.17, 15) is 22.4 Å². The number of rotatable bonds is 11. The third kappa shape index (κ3) is 9.67. The molecule has 1 saturated carbocycles. The third-order valence-corrected chi connectivity index (χ3v) is 9.51. The number of nitrogens with one attached hydrogen (secondary N) is 2. The van der Waals surface area contributed by atoms with E-state index < -0.39 is 22.1 Å². The molecule has 2 aromatic heterocycles. The van der Waals surface area contributed by atoms with Crippen molar-refractivity contribution in [2.45, 2.75) is 70.6 Å². The maximum atomic E-state index is 14.0. The highest BCUT2D eigenvalue weighted by Crippen LogP contribution is 2.39. The first-order valence-corrected chi connectivity index (χ1v) is 19.6. The van der Waals surface area contributed by atoms with E-state index in [1.165, 1.54) is 12.1 Å². The van der Waals surface area contributed by atoms with Gasteiger partial charge in [0.25, 0.3) is 16.0 Å². The fraction of sp³-hybridized carbons (Fsp3) is 0.325. The molecule has 6 aromatic rings. The molecule has 15 heteroatoms. The molecule has 0 aliphatic heterocycles. The van der Waals surface area contributed by atoms with Crippen LogP contribution in [0.1, 0.15) is 62.7 Å². The number of aromatic nitrogens is 3. The number of nitrogens with zero attached hydrogens (tertiary/aromatic N) is 2.